The number of nitrogens with one attached hydrogen (secondary N) is 1. The van der Waals surface area contributed by atoms with Crippen molar-refractivity contribution in [2.24, 2.45) is 0 Å². The lowest BCUT2D eigenvalue weighted by atomic mass is 10.1. The molecule has 0 atom stereocenters. The number of nitro benzene ring substituents is 1. The number of aryl methyl sites for hydroxylation is 1. The zero-order chi connectivity index (χ0) is 15.4. The van der Waals surface area contributed by atoms with Gasteiger partial charge >= 0.3 is 0 Å². The van der Waals surface area contributed by atoms with E-state index < -0.39 is 10.8 Å². The predicted molar refractivity (Wildman–Crippen MR) is 77.1 cm³/mol. The zero-order valence-electron chi connectivity index (χ0n) is 11.4. The van der Waals surface area contributed by atoms with Gasteiger partial charge in [-0.05, 0) is 18.6 Å². The smallest absolute Gasteiger partial charge is 0.282 e. The highest BCUT2D eigenvalue weighted by Crippen LogP contribution is 2.22. The van der Waals surface area contributed by atoms with Crippen molar-refractivity contribution in [3.63, 3.8) is 0 Å². The molecule has 2 rings (SSSR count). The largest absolute Gasteiger partial charge is 0.508 e. The van der Waals surface area contributed by atoms with Crippen molar-refractivity contribution in [1.82, 2.24) is 5.32 Å². The van der Waals surface area contributed by atoms with E-state index >= 15 is 0 Å². The number of benzene rings is 2. The van der Waals surface area contributed by atoms with Crippen molar-refractivity contribution in [2.75, 3.05) is 0 Å². The zero-order valence-corrected chi connectivity index (χ0v) is 11.4. The molecule has 0 heterocycles. The van der Waals surface area contributed by atoms with E-state index in [0.29, 0.717) is 11.1 Å². The lowest BCUT2D eigenvalue weighted by Crippen LogP contribution is -2.24. The van der Waals surface area contributed by atoms with Crippen LogP contribution in [0.5, 0.6) is 5.75 Å². The van der Waals surface area contributed by atoms with Gasteiger partial charge in [0.1, 0.15) is 11.3 Å². The predicted octanol–water partition coefficient (Wildman–Crippen LogP) is 2.54. The van der Waals surface area contributed by atoms with Crippen LogP contribution in [0.2, 0.25) is 0 Å². The molecule has 21 heavy (non-hydrogen) atoms. The number of amides is 1. The summed E-state index contributed by atoms with van der Waals surface area (Å²) in [5, 5.41) is 23.2. The first kappa shape index (κ1) is 14.5. The Hall–Kier alpha value is -2.89. The summed E-state index contributed by atoms with van der Waals surface area (Å²) in [4.78, 5) is 22.6. The summed E-state index contributed by atoms with van der Waals surface area (Å²) in [6.45, 7) is 1.74. The Kier molecular flexibility index (Phi) is 4.18. The second-order valence-corrected chi connectivity index (χ2v) is 4.54. The maximum Gasteiger partial charge on any atom is 0.282 e. The second kappa shape index (κ2) is 6.04. The fourth-order valence-electron chi connectivity index (χ4n) is 2.02. The third-order valence-corrected chi connectivity index (χ3v) is 3.11. The molecule has 0 aliphatic heterocycles. The maximum absolute atomic E-state index is 12.2. The minimum Gasteiger partial charge on any atom is -0.508 e. The Morgan fingerprint density at radius 2 is 1.95 bits per heavy atom. The summed E-state index contributed by atoms with van der Waals surface area (Å²) in [7, 11) is 0. The number of nitro groups is 1. The lowest BCUT2D eigenvalue weighted by Gasteiger charge is -2.09. The summed E-state index contributed by atoms with van der Waals surface area (Å²) in [5.41, 5.74) is 0.878. The van der Waals surface area contributed by atoms with Gasteiger partial charge in [0.2, 0.25) is 0 Å². The number of hydrogen-bond acceptors (Lipinski definition) is 4. The van der Waals surface area contributed by atoms with Crippen molar-refractivity contribution in [3.8, 4) is 5.75 Å². The van der Waals surface area contributed by atoms with E-state index in [0.717, 1.165) is 0 Å². The molecule has 6 nitrogen and oxygen atoms in total. The van der Waals surface area contributed by atoms with E-state index in [1.54, 1.807) is 31.2 Å². The van der Waals surface area contributed by atoms with E-state index in [1.807, 2.05) is 0 Å². The van der Waals surface area contributed by atoms with Crippen LogP contribution in [0.25, 0.3) is 0 Å². The van der Waals surface area contributed by atoms with Crippen LogP contribution in [0.4, 0.5) is 5.69 Å². The molecule has 2 aromatic carbocycles. The molecular formula is C15H14N2O4. The highest BCUT2D eigenvalue weighted by molar-refractivity contribution is 5.99. The SMILES string of the molecule is Cc1cccc([N+](=O)[O-])c1C(=O)NCc1ccccc1O. The van der Waals surface area contributed by atoms with Crippen molar-refractivity contribution < 1.29 is 14.8 Å². The summed E-state index contributed by atoms with van der Waals surface area (Å²) >= 11 is 0. The number of para-hydroxylation sites is 1. The summed E-state index contributed by atoms with van der Waals surface area (Å²) in [6, 6.07) is 11.1. The first-order valence-electron chi connectivity index (χ1n) is 6.29. The van der Waals surface area contributed by atoms with E-state index in [9.17, 15) is 20.0 Å². The van der Waals surface area contributed by atoms with E-state index in [4.69, 9.17) is 0 Å². The number of hydrogen-bond donors (Lipinski definition) is 2. The van der Waals surface area contributed by atoms with Gasteiger partial charge < -0.3 is 10.4 Å². The number of nitrogens with zero attached hydrogens (tertiary/aromatic N) is 1. The maximum atomic E-state index is 12.2. The molecule has 0 aliphatic rings. The van der Waals surface area contributed by atoms with Gasteiger partial charge in [0.05, 0.1) is 4.92 Å². The van der Waals surface area contributed by atoms with Crippen LogP contribution in [0.15, 0.2) is 42.5 Å². The average molecular weight is 286 g/mol. The van der Waals surface area contributed by atoms with Gasteiger partial charge in [-0.15, -0.1) is 0 Å². The van der Waals surface area contributed by atoms with E-state index in [-0.39, 0.29) is 23.5 Å². The van der Waals surface area contributed by atoms with Crippen molar-refractivity contribution in [2.45, 2.75) is 13.5 Å². The fourth-order valence-corrected chi connectivity index (χ4v) is 2.02. The Balaban J connectivity index is 2.22. The topological polar surface area (TPSA) is 92.5 Å². The van der Waals surface area contributed by atoms with Gasteiger partial charge in [-0.25, -0.2) is 0 Å². The number of carbonyl (C=O) groups excluding carboxylic acids is 1. The van der Waals surface area contributed by atoms with E-state index in [2.05, 4.69) is 5.32 Å². The second-order valence-electron chi connectivity index (χ2n) is 4.54. The average Bonchev–Trinajstić information content (AvgIpc) is 2.45. The van der Waals surface area contributed by atoms with Crippen LogP contribution < -0.4 is 5.32 Å². The monoisotopic (exact) mass is 286 g/mol. The van der Waals surface area contributed by atoms with Crippen LogP contribution in [-0.4, -0.2) is 15.9 Å². The summed E-state index contributed by atoms with van der Waals surface area (Å²) < 4.78 is 0. The van der Waals surface area contributed by atoms with Crippen LogP contribution in [0.3, 0.4) is 0 Å². The van der Waals surface area contributed by atoms with Gasteiger partial charge in [-0.1, -0.05) is 30.3 Å². The molecule has 0 fully saturated rings. The number of phenolic OH excluding ortho intramolecular Hbond substituents is 1. The third-order valence-electron chi connectivity index (χ3n) is 3.11. The molecule has 0 bridgehead atoms. The quantitative estimate of drug-likeness (QED) is 0.667. The van der Waals surface area contributed by atoms with Crippen molar-refractivity contribution in [3.05, 3.63) is 69.3 Å². The van der Waals surface area contributed by atoms with Gasteiger partial charge in [0, 0.05) is 18.2 Å². The summed E-state index contributed by atoms with van der Waals surface area (Å²) in [5.74, 6) is -0.472. The van der Waals surface area contributed by atoms with Crippen molar-refractivity contribution >= 4 is 11.6 Å². The van der Waals surface area contributed by atoms with Crippen LogP contribution in [-0.2, 0) is 6.54 Å². The Morgan fingerprint density at radius 1 is 1.24 bits per heavy atom. The minimum atomic E-state index is -0.581. The molecule has 0 aliphatic carbocycles. The molecule has 0 spiro atoms. The molecule has 0 saturated carbocycles. The number of aromatic hydroxyl groups is 1. The van der Waals surface area contributed by atoms with Gasteiger partial charge in [-0.3, -0.25) is 14.9 Å². The first-order chi connectivity index (χ1) is 10.0. The van der Waals surface area contributed by atoms with Crippen LogP contribution in [0, 0.1) is 17.0 Å². The minimum absolute atomic E-state index is 0.0397. The Morgan fingerprint density at radius 3 is 2.62 bits per heavy atom. The Labute approximate surface area is 121 Å². The van der Waals surface area contributed by atoms with Crippen LogP contribution >= 0.6 is 0 Å². The Bertz CT molecular complexity index is 698. The highest BCUT2D eigenvalue weighted by atomic mass is 16.6. The normalized spacial score (nSPS) is 10.1. The molecule has 0 saturated heterocycles. The molecule has 2 aromatic rings. The van der Waals surface area contributed by atoms with E-state index in [1.165, 1.54) is 18.2 Å². The number of phenols is 1. The molecule has 0 aromatic heterocycles. The number of rotatable bonds is 4. The highest BCUT2D eigenvalue weighted by Gasteiger charge is 2.21. The van der Waals surface area contributed by atoms with Crippen molar-refractivity contribution in [1.29, 1.82) is 0 Å². The van der Waals surface area contributed by atoms with Crippen LogP contribution in [0.1, 0.15) is 21.5 Å². The fraction of sp³-hybridized carbons (Fsp3) is 0.133. The first-order valence-corrected chi connectivity index (χ1v) is 6.29. The van der Waals surface area contributed by atoms with Gasteiger partial charge in [-0.2, -0.15) is 0 Å². The molecular weight excluding hydrogens is 272 g/mol. The van der Waals surface area contributed by atoms with Gasteiger partial charge in [0.15, 0.2) is 0 Å². The standard InChI is InChI=1S/C15H14N2O4/c1-10-5-4-7-12(17(20)21)14(10)15(19)16-9-11-6-2-3-8-13(11)18/h2-8,18H,9H2,1H3,(H,16,19). The molecule has 108 valence electrons. The molecule has 2 N–H and O–H groups in total. The number of carbonyl (C=O) groups is 1. The molecule has 1 amide bonds. The lowest BCUT2D eigenvalue weighted by molar-refractivity contribution is -0.385. The van der Waals surface area contributed by atoms with Gasteiger partial charge in [0.25, 0.3) is 11.6 Å². The molecule has 6 heteroatoms. The molecule has 0 radical (unpaired) electrons. The molecule has 0 unspecified atom stereocenters. The summed E-state index contributed by atoms with van der Waals surface area (Å²) in [6.07, 6.45) is 0. The third kappa shape index (κ3) is 3.17.